The molecule has 1 aromatic heterocycles. The lowest BCUT2D eigenvalue weighted by Crippen LogP contribution is -2.23. The van der Waals surface area contributed by atoms with Crippen LogP contribution in [0, 0.1) is 6.92 Å². The first-order valence-electron chi connectivity index (χ1n) is 7.73. The SMILES string of the molecule is Cc1ccc(O)c(C(=O)NCc2ccc(Cn3ccnc3)cc2)c1. The quantitative estimate of drug-likeness (QED) is 0.759. The van der Waals surface area contributed by atoms with Gasteiger partial charge in [-0.2, -0.15) is 0 Å². The highest BCUT2D eigenvalue weighted by Gasteiger charge is 2.10. The van der Waals surface area contributed by atoms with Gasteiger partial charge in [0.2, 0.25) is 0 Å². The van der Waals surface area contributed by atoms with Crippen molar-refractivity contribution in [2.45, 2.75) is 20.0 Å². The number of aromatic nitrogens is 2. The normalized spacial score (nSPS) is 10.5. The number of nitrogens with one attached hydrogen (secondary N) is 1. The minimum Gasteiger partial charge on any atom is -0.507 e. The van der Waals surface area contributed by atoms with Crippen LogP contribution in [-0.2, 0) is 13.1 Å². The van der Waals surface area contributed by atoms with E-state index in [1.807, 2.05) is 42.0 Å². The summed E-state index contributed by atoms with van der Waals surface area (Å²) in [5.74, 6) is -0.285. The fourth-order valence-corrected chi connectivity index (χ4v) is 2.46. The number of rotatable bonds is 5. The second kappa shape index (κ2) is 7.00. The molecule has 0 radical (unpaired) electrons. The van der Waals surface area contributed by atoms with Crippen LogP contribution in [0.3, 0.4) is 0 Å². The van der Waals surface area contributed by atoms with Crippen LogP contribution in [0.4, 0.5) is 0 Å². The molecule has 24 heavy (non-hydrogen) atoms. The summed E-state index contributed by atoms with van der Waals surface area (Å²) in [6, 6.07) is 13.0. The molecule has 5 nitrogen and oxygen atoms in total. The maximum Gasteiger partial charge on any atom is 0.255 e. The third-order valence-electron chi connectivity index (χ3n) is 3.80. The molecule has 1 heterocycles. The topological polar surface area (TPSA) is 67.2 Å². The van der Waals surface area contributed by atoms with Crippen LogP contribution < -0.4 is 5.32 Å². The molecule has 0 saturated carbocycles. The van der Waals surface area contributed by atoms with Gasteiger partial charge in [0.25, 0.3) is 5.91 Å². The third kappa shape index (κ3) is 3.81. The maximum absolute atomic E-state index is 12.2. The number of aromatic hydroxyl groups is 1. The van der Waals surface area contributed by atoms with Crippen LogP contribution >= 0.6 is 0 Å². The zero-order valence-electron chi connectivity index (χ0n) is 13.4. The molecule has 0 aliphatic rings. The Balaban J connectivity index is 1.60. The zero-order chi connectivity index (χ0) is 16.9. The number of nitrogens with zero attached hydrogens (tertiary/aromatic N) is 2. The number of phenolic OH excluding ortho intramolecular Hbond substituents is 1. The molecule has 0 aliphatic carbocycles. The van der Waals surface area contributed by atoms with E-state index in [-0.39, 0.29) is 11.7 Å². The van der Waals surface area contributed by atoms with Crippen molar-refractivity contribution >= 4 is 5.91 Å². The van der Waals surface area contributed by atoms with Crippen molar-refractivity contribution in [3.05, 3.63) is 83.4 Å². The molecule has 3 aromatic rings. The Bertz CT molecular complexity index is 824. The number of aryl methyl sites for hydroxylation is 1. The number of phenols is 1. The number of benzene rings is 2. The smallest absolute Gasteiger partial charge is 0.255 e. The fourth-order valence-electron chi connectivity index (χ4n) is 2.46. The molecule has 0 unspecified atom stereocenters. The van der Waals surface area contributed by atoms with E-state index in [9.17, 15) is 9.90 Å². The van der Waals surface area contributed by atoms with Gasteiger partial charge in [0.15, 0.2) is 0 Å². The lowest BCUT2D eigenvalue weighted by Gasteiger charge is -2.09. The Morgan fingerprint density at radius 1 is 1.17 bits per heavy atom. The van der Waals surface area contributed by atoms with Gasteiger partial charge in [-0.3, -0.25) is 4.79 Å². The summed E-state index contributed by atoms with van der Waals surface area (Å²) in [6.45, 7) is 3.07. The molecule has 0 fully saturated rings. The summed E-state index contributed by atoms with van der Waals surface area (Å²) in [7, 11) is 0. The molecule has 0 aliphatic heterocycles. The predicted molar refractivity (Wildman–Crippen MR) is 91.8 cm³/mol. The standard InChI is InChI=1S/C19H19N3O2/c1-14-2-7-18(23)17(10-14)19(24)21-11-15-3-5-16(6-4-15)12-22-9-8-20-13-22/h2-10,13,23H,11-12H2,1H3,(H,21,24). The van der Waals surface area contributed by atoms with Crippen molar-refractivity contribution in [1.29, 1.82) is 0 Å². The van der Waals surface area contributed by atoms with E-state index in [4.69, 9.17) is 0 Å². The first-order valence-corrected chi connectivity index (χ1v) is 7.73. The predicted octanol–water partition coefficient (Wildman–Crippen LogP) is 2.88. The minimum absolute atomic E-state index is 0.00576. The van der Waals surface area contributed by atoms with Gasteiger partial charge in [0.1, 0.15) is 5.75 Å². The van der Waals surface area contributed by atoms with Crippen molar-refractivity contribution in [3.8, 4) is 5.75 Å². The molecule has 2 N–H and O–H groups in total. The van der Waals surface area contributed by atoms with Gasteiger partial charge >= 0.3 is 0 Å². The molecule has 1 amide bonds. The molecule has 0 spiro atoms. The highest BCUT2D eigenvalue weighted by atomic mass is 16.3. The Morgan fingerprint density at radius 2 is 1.92 bits per heavy atom. The molecule has 5 heteroatoms. The Hall–Kier alpha value is -3.08. The van der Waals surface area contributed by atoms with Crippen molar-refractivity contribution in [2.24, 2.45) is 0 Å². The lowest BCUT2D eigenvalue weighted by molar-refractivity contribution is 0.0948. The van der Waals surface area contributed by atoms with E-state index in [0.29, 0.717) is 12.1 Å². The highest BCUT2D eigenvalue weighted by molar-refractivity contribution is 5.96. The maximum atomic E-state index is 12.2. The summed E-state index contributed by atoms with van der Waals surface area (Å²) in [5.41, 5.74) is 3.40. The largest absolute Gasteiger partial charge is 0.507 e. The average Bonchev–Trinajstić information content (AvgIpc) is 3.09. The average molecular weight is 321 g/mol. The van der Waals surface area contributed by atoms with Gasteiger partial charge < -0.3 is 15.0 Å². The van der Waals surface area contributed by atoms with Crippen molar-refractivity contribution in [2.75, 3.05) is 0 Å². The van der Waals surface area contributed by atoms with E-state index in [1.54, 1.807) is 24.7 Å². The number of amides is 1. The molecule has 0 saturated heterocycles. The monoisotopic (exact) mass is 321 g/mol. The van der Waals surface area contributed by atoms with Crippen molar-refractivity contribution < 1.29 is 9.90 Å². The Morgan fingerprint density at radius 3 is 2.62 bits per heavy atom. The van der Waals surface area contributed by atoms with Crippen LogP contribution in [-0.4, -0.2) is 20.6 Å². The summed E-state index contributed by atoms with van der Waals surface area (Å²) < 4.78 is 2.00. The van der Waals surface area contributed by atoms with Crippen LogP contribution in [0.2, 0.25) is 0 Å². The second-order valence-corrected chi connectivity index (χ2v) is 5.75. The van der Waals surface area contributed by atoms with E-state index in [1.165, 1.54) is 11.6 Å². The van der Waals surface area contributed by atoms with Crippen molar-refractivity contribution in [1.82, 2.24) is 14.9 Å². The fraction of sp³-hybridized carbons (Fsp3) is 0.158. The lowest BCUT2D eigenvalue weighted by atomic mass is 10.1. The van der Waals surface area contributed by atoms with E-state index < -0.39 is 0 Å². The molecule has 2 aromatic carbocycles. The van der Waals surface area contributed by atoms with Gasteiger partial charge in [-0.15, -0.1) is 0 Å². The number of imidazole rings is 1. The van der Waals surface area contributed by atoms with Gasteiger partial charge in [-0.1, -0.05) is 35.9 Å². The Labute approximate surface area is 140 Å². The second-order valence-electron chi connectivity index (χ2n) is 5.75. The molecule has 0 bridgehead atoms. The number of carbonyl (C=O) groups is 1. The number of carbonyl (C=O) groups excluding carboxylic acids is 1. The highest BCUT2D eigenvalue weighted by Crippen LogP contribution is 2.18. The first-order chi connectivity index (χ1) is 11.6. The minimum atomic E-state index is -0.279. The summed E-state index contributed by atoms with van der Waals surface area (Å²) >= 11 is 0. The number of hydrogen-bond acceptors (Lipinski definition) is 3. The zero-order valence-corrected chi connectivity index (χ0v) is 13.4. The molecule has 0 atom stereocenters. The van der Waals surface area contributed by atoms with Crippen LogP contribution in [0.25, 0.3) is 0 Å². The third-order valence-corrected chi connectivity index (χ3v) is 3.80. The molecular formula is C19H19N3O2. The summed E-state index contributed by atoms with van der Waals surface area (Å²) in [4.78, 5) is 16.2. The van der Waals surface area contributed by atoms with E-state index in [2.05, 4.69) is 10.3 Å². The van der Waals surface area contributed by atoms with Crippen LogP contribution in [0.15, 0.2) is 61.2 Å². The van der Waals surface area contributed by atoms with Crippen LogP contribution in [0.5, 0.6) is 5.75 Å². The van der Waals surface area contributed by atoms with Crippen LogP contribution in [0.1, 0.15) is 27.0 Å². The van der Waals surface area contributed by atoms with E-state index >= 15 is 0 Å². The summed E-state index contributed by atoms with van der Waals surface area (Å²) in [6.07, 6.45) is 5.45. The molecule has 3 rings (SSSR count). The molecule has 122 valence electrons. The van der Waals surface area contributed by atoms with Crippen molar-refractivity contribution in [3.63, 3.8) is 0 Å². The summed E-state index contributed by atoms with van der Waals surface area (Å²) in [5, 5.41) is 12.6. The van der Waals surface area contributed by atoms with Gasteiger partial charge in [-0.25, -0.2) is 4.98 Å². The van der Waals surface area contributed by atoms with Gasteiger partial charge in [0, 0.05) is 25.5 Å². The van der Waals surface area contributed by atoms with Gasteiger partial charge in [0.05, 0.1) is 11.9 Å². The first kappa shape index (κ1) is 15.8. The van der Waals surface area contributed by atoms with Gasteiger partial charge in [-0.05, 0) is 30.2 Å². The number of hydrogen-bond donors (Lipinski definition) is 2. The van der Waals surface area contributed by atoms with E-state index in [0.717, 1.165) is 17.7 Å². The Kier molecular flexibility index (Phi) is 4.61. The molecular weight excluding hydrogens is 302 g/mol.